The molecule has 2 unspecified atom stereocenters. The van der Waals surface area contributed by atoms with Crippen LogP contribution in [0, 0.1) is 16.0 Å². The smallest absolute Gasteiger partial charge is 0.316 e. The van der Waals surface area contributed by atoms with Gasteiger partial charge in [-0.25, -0.2) is 0 Å². The number of hydrogen-bond donors (Lipinski definition) is 0. The normalized spacial score (nSPS) is 18.7. The Balaban J connectivity index is 1.21. The number of aliphatic imine (C=N–C) groups is 1. The molecule has 0 aromatic heterocycles. The maximum atomic E-state index is 13.9. The number of rotatable bonds is 14. The Morgan fingerprint density at radius 1 is 0.923 bits per heavy atom. The summed E-state index contributed by atoms with van der Waals surface area (Å²) in [6.07, 6.45) is 4.08. The van der Waals surface area contributed by atoms with Crippen LogP contribution in [0.4, 0.5) is 5.69 Å². The standard InChI is InChI=1S/C43H46N4O5/c1-3-38-41(40(34-20-22-37(23-21-34)47(50)51)39(32(2)44-38)42(49)52-30-33-14-7-4-8-15-33)46(31-48)27-13-26-45-28-24-43(25-29-45,35-16-9-5-10-17-35)36-18-11-6-12-19-36/h4-12,14-23,31,39-40H,3,13,24-30H2,1-2H3. The van der Waals surface area contributed by atoms with Gasteiger partial charge in [0.2, 0.25) is 6.41 Å². The number of ether oxygens (including phenoxy) is 1. The highest BCUT2D eigenvalue weighted by atomic mass is 16.6. The van der Waals surface area contributed by atoms with E-state index in [0.29, 0.717) is 35.6 Å². The first-order valence-electron chi connectivity index (χ1n) is 18.1. The Labute approximate surface area is 305 Å². The Hall–Kier alpha value is -5.41. The average molecular weight is 699 g/mol. The molecule has 2 atom stereocenters. The van der Waals surface area contributed by atoms with Crippen LogP contribution in [0.5, 0.6) is 0 Å². The number of amides is 1. The predicted molar refractivity (Wildman–Crippen MR) is 203 cm³/mol. The maximum absolute atomic E-state index is 13.9. The van der Waals surface area contributed by atoms with Gasteiger partial charge in [0, 0.05) is 35.7 Å². The van der Waals surface area contributed by atoms with E-state index in [1.807, 2.05) is 44.2 Å². The van der Waals surface area contributed by atoms with Crippen molar-refractivity contribution in [1.82, 2.24) is 9.80 Å². The summed E-state index contributed by atoms with van der Waals surface area (Å²) in [5, 5.41) is 11.5. The molecule has 0 saturated carbocycles. The van der Waals surface area contributed by atoms with Gasteiger partial charge in [-0.2, -0.15) is 0 Å². The highest BCUT2D eigenvalue weighted by molar-refractivity contribution is 6.03. The third kappa shape index (κ3) is 7.90. The molecule has 9 nitrogen and oxygen atoms in total. The van der Waals surface area contributed by atoms with Crippen molar-refractivity contribution >= 4 is 23.8 Å². The molecule has 1 saturated heterocycles. The Bertz CT molecular complexity index is 1840. The second-order valence-electron chi connectivity index (χ2n) is 13.6. The molecule has 0 spiro atoms. The van der Waals surface area contributed by atoms with E-state index in [1.54, 1.807) is 17.0 Å². The van der Waals surface area contributed by atoms with Crippen molar-refractivity contribution in [3.8, 4) is 0 Å². The molecule has 1 amide bonds. The van der Waals surface area contributed by atoms with Crippen LogP contribution < -0.4 is 0 Å². The van der Waals surface area contributed by atoms with Crippen LogP contribution in [-0.2, 0) is 26.3 Å². The summed E-state index contributed by atoms with van der Waals surface area (Å²) in [5.41, 5.74) is 6.07. The summed E-state index contributed by atoms with van der Waals surface area (Å²) < 4.78 is 5.86. The van der Waals surface area contributed by atoms with E-state index < -0.39 is 22.7 Å². The molecule has 4 aromatic carbocycles. The van der Waals surface area contributed by atoms with Gasteiger partial charge >= 0.3 is 5.97 Å². The number of carbonyl (C=O) groups is 2. The molecule has 2 aliphatic heterocycles. The van der Waals surface area contributed by atoms with Crippen molar-refractivity contribution in [3.63, 3.8) is 0 Å². The fraction of sp³-hybridized carbons (Fsp3) is 0.326. The lowest BCUT2D eigenvalue weighted by atomic mass is 9.68. The number of carbonyl (C=O) groups excluding carboxylic acids is 2. The van der Waals surface area contributed by atoms with E-state index >= 15 is 0 Å². The molecule has 0 N–H and O–H groups in total. The zero-order chi connectivity index (χ0) is 36.5. The highest BCUT2D eigenvalue weighted by Gasteiger charge is 2.42. The first-order chi connectivity index (χ1) is 25.3. The third-order valence-corrected chi connectivity index (χ3v) is 10.6. The lowest BCUT2D eigenvalue weighted by molar-refractivity contribution is -0.384. The van der Waals surface area contributed by atoms with Crippen molar-refractivity contribution in [3.05, 3.63) is 159 Å². The number of nitro groups is 1. The second kappa shape index (κ2) is 16.7. The predicted octanol–water partition coefficient (Wildman–Crippen LogP) is 8.06. The van der Waals surface area contributed by atoms with Crippen LogP contribution >= 0.6 is 0 Å². The van der Waals surface area contributed by atoms with E-state index in [9.17, 15) is 19.7 Å². The third-order valence-electron chi connectivity index (χ3n) is 10.6. The van der Waals surface area contributed by atoms with E-state index in [-0.39, 0.29) is 17.7 Å². The number of hydrogen-bond acceptors (Lipinski definition) is 7. The van der Waals surface area contributed by atoms with Crippen LogP contribution in [-0.4, -0.2) is 59.0 Å². The summed E-state index contributed by atoms with van der Waals surface area (Å²) in [5.74, 6) is -1.89. The Morgan fingerprint density at radius 2 is 1.50 bits per heavy atom. The minimum Gasteiger partial charge on any atom is -0.460 e. The molecule has 52 heavy (non-hydrogen) atoms. The summed E-state index contributed by atoms with van der Waals surface area (Å²) in [6.45, 7) is 6.99. The Kier molecular flexibility index (Phi) is 11.7. The maximum Gasteiger partial charge on any atom is 0.316 e. The Morgan fingerprint density at radius 3 is 2.04 bits per heavy atom. The van der Waals surface area contributed by atoms with Crippen molar-refractivity contribution in [2.45, 2.75) is 57.5 Å². The number of nitro benzene ring substituents is 1. The molecule has 6 rings (SSSR count). The lowest BCUT2D eigenvalue weighted by Gasteiger charge is -2.43. The lowest BCUT2D eigenvalue weighted by Crippen LogP contribution is -2.44. The summed E-state index contributed by atoms with van der Waals surface area (Å²) in [7, 11) is 0. The molecule has 0 radical (unpaired) electrons. The first kappa shape index (κ1) is 36.4. The quantitative estimate of drug-likeness (QED) is 0.0571. The topological polar surface area (TPSA) is 105 Å². The second-order valence-corrected chi connectivity index (χ2v) is 13.6. The number of benzene rings is 4. The van der Waals surface area contributed by atoms with Crippen molar-refractivity contribution in [2.24, 2.45) is 10.9 Å². The summed E-state index contributed by atoms with van der Waals surface area (Å²) >= 11 is 0. The number of piperidine rings is 1. The van der Waals surface area contributed by atoms with Gasteiger partial charge < -0.3 is 14.5 Å². The zero-order valence-electron chi connectivity index (χ0n) is 29.9. The number of likely N-dealkylation sites (tertiary alicyclic amines) is 1. The highest BCUT2D eigenvalue weighted by Crippen LogP contribution is 2.43. The number of non-ortho nitro benzene ring substituents is 1. The molecule has 9 heteroatoms. The van der Waals surface area contributed by atoms with Gasteiger partial charge in [0.1, 0.15) is 12.5 Å². The van der Waals surface area contributed by atoms with Gasteiger partial charge in [-0.3, -0.25) is 24.7 Å². The van der Waals surface area contributed by atoms with Crippen molar-refractivity contribution < 1.29 is 19.2 Å². The molecule has 268 valence electrons. The number of esters is 1. The van der Waals surface area contributed by atoms with E-state index in [4.69, 9.17) is 9.73 Å². The van der Waals surface area contributed by atoms with Gasteiger partial charge in [0.15, 0.2) is 0 Å². The van der Waals surface area contributed by atoms with Crippen molar-refractivity contribution in [1.29, 1.82) is 0 Å². The molecule has 2 heterocycles. The van der Waals surface area contributed by atoms with Gasteiger partial charge in [0.25, 0.3) is 5.69 Å². The van der Waals surface area contributed by atoms with Crippen LogP contribution in [0.15, 0.2) is 132 Å². The molecule has 1 fully saturated rings. The monoisotopic (exact) mass is 698 g/mol. The van der Waals surface area contributed by atoms with Gasteiger partial charge in [-0.05, 0) is 74.5 Å². The van der Waals surface area contributed by atoms with Crippen molar-refractivity contribution in [2.75, 3.05) is 26.2 Å². The van der Waals surface area contributed by atoms with Gasteiger partial charge in [-0.1, -0.05) is 110 Å². The van der Waals surface area contributed by atoms with E-state index in [0.717, 1.165) is 50.9 Å². The first-order valence-corrected chi connectivity index (χ1v) is 18.1. The van der Waals surface area contributed by atoms with Crippen LogP contribution in [0.2, 0.25) is 0 Å². The summed E-state index contributed by atoms with van der Waals surface area (Å²) in [6, 6.07) is 37.3. The van der Waals surface area contributed by atoms with E-state index in [2.05, 4.69) is 65.6 Å². The largest absolute Gasteiger partial charge is 0.460 e. The van der Waals surface area contributed by atoms with Gasteiger partial charge in [0.05, 0.1) is 16.3 Å². The van der Waals surface area contributed by atoms with Crippen LogP contribution in [0.1, 0.15) is 67.7 Å². The summed E-state index contributed by atoms with van der Waals surface area (Å²) in [4.78, 5) is 47.0. The molecular formula is C43H46N4O5. The fourth-order valence-corrected chi connectivity index (χ4v) is 7.91. The average Bonchev–Trinajstić information content (AvgIpc) is 3.19. The zero-order valence-corrected chi connectivity index (χ0v) is 29.9. The van der Waals surface area contributed by atoms with Crippen LogP contribution in [0.25, 0.3) is 0 Å². The number of allylic oxidation sites excluding steroid dienone is 2. The molecule has 4 aromatic rings. The van der Waals surface area contributed by atoms with Gasteiger partial charge in [-0.15, -0.1) is 0 Å². The van der Waals surface area contributed by atoms with Crippen LogP contribution in [0.3, 0.4) is 0 Å². The molecule has 0 aliphatic carbocycles. The number of nitrogens with zero attached hydrogens (tertiary/aromatic N) is 4. The minimum atomic E-state index is -0.816. The fourth-order valence-electron chi connectivity index (χ4n) is 7.91. The van der Waals surface area contributed by atoms with E-state index in [1.165, 1.54) is 23.3 Å². The molecular weight excluding hydrogens is 652 g/mol. The molecule has 0 bridgehead atoms. The molecule has 2 aliphatic rings. The SMILES string of the molecule is CCC1=C(N(C=O)CCCN2CCC(c3ccccc3)(c3ccccc3)CC2)C(c2ccc([N+](=O)[O-])cc2)C(C(=O)OCc2ccccc2)C(C)=N1. The minimum absolute atomic E-state index is 0.0469.